The molecule has 0 aliphatic carbocycles. The number of hydrogen-bond donors (Lipinski definition) is 0. The van der Waals surface area contributed by atoms with Gasteiger partial charge in [0.05, 0.1) is 0 Å². The number of nitrogens with zero attached hydrogens (tertiary/aromatic N) is 2. The van der Waals surface area contributed by atoms with E-state index >= 15 is 0 Å². The molecule has 1 heterocycles. The van der Waals surface area contributed by atoms with Crippen LogP contribution in [0.3, 0.4) is 0 Å². The summed E-state index contributed by atoms with van der Waals surface area (Å²) in [6.07, 6.45) is 0.902. The van der Waals surface area contributed by atoms with Gasteiger partial charge in [-0.05, 0) is 33.7 Å². The molecule has 1 aliphatic heterocycles. The van der Waals surface area contributed by atoms with E-state index in [-0.39, 0.29) is 6.09 Å². The lowest BCUT2D eigenvalue weighted by atomic mass is 10.1. The van der Waals surface area contributed by atoms with Crippen LogP contribution < -0.4 is 0 Å². The maximum absolute atomic E-state index is 12.0. The van der Waals surface area contributed by atoms with Gasteiger partial charge in [-0.1, -0.05) is 13.8 Å². The second-order valence-electron chi connectivity index (χ2n) is 5.62. The Balaban J connectivity index is 2.54. The average Bonchev–Trinajstić information content (AvgIpc) is 2.25. The number of hydrogen-bond acceptors (Lipinski definition) is 3. The Kier molecular flexibility index (Phi) is 4.80. The molecule has 1 fully saturated rings. The van der Waals surface area contributed by atoms with E-state index in [2.05, 4.69) is 18.7 Å². The smallest absolute Gasteiger partial charge is 0.410 e. The monoisotopic (exact) mass is 242 g/mol. The van der Waals surface area contributed by atoms with Crippen molar-refractivity contribution in [3.05, 3.63) is 0 Å². The van der Waals surface area contributed by atoms with Crippen LogP contribution in [0, 0.1) is 0 Å². The SMILES string of the molecule is CC[C@H]1CN(C(=O)OC(C)(C)C)CCN1CC. The topological polar surface area (TPSA) is 32.8 Å². The number of rotatable bonds is 2. The van der Waals surface area contributed by atoms with Crippen LogP contribution in [0.2, 0.25) is 0 Å². The number of amides is 1. The van der Waals surface area contributed by atoms with Crippen molar-refractivity contribution in [3.8, 4) is 0 Å². The number of carbonyl (C=O) groups excluding carboxylic acids is 1. The van der Waals surface area contributed by atoms with Gasteiger partial charge in [0.15, 0.2) is 0 Å². The van der Waals surface area contributed by atoms with Crippen LogP contribution in [-0.2, 0) is 4.74 Å². The molecule has 1 atom stereocenters. The van der Waals surface area contributed by atoms with Gasteiger partial charge >= 0.3 is 6.09 Å². The lowest BCUT2D eigenvalue weighted by Crippen LogP contribution is -2.55. The zero-order valence-corrected chi connectivity index (χ0v) is 11.8. The highest BCUT2D eigenvalue weighted by Crippen LogP contribution is 2.16. The fourth-order valence-corrected chi connectivity index (χ4v) is 2.19. The largest absolute Gasteiger partial charge is 0.444 e. The quantitative estimate of drug-likeness (QED) is 0.745. The molecule has 0 unspecified atom stereocenters. The fraction of sp³-hybridized carbons (Fsp3) is 0.923. The molecule has 0 N–H and O–H groups in total. The van der Waals surface area contributed by atoms with Gasteiger partial charge in [-0.2, -0.15) is 0 Å². The maximum atomic E-state index is 12.0. The van der Waals surface area contributed by atoms with Gasteiger partial charge in [0.2, 0.25) is 0 Å². The van der Waals surface area contributed by atoms with Crippen molar-refractivity contribution in [2.24, 2.45) is 0 Å². The van der Waals surface area contributed by atoms with E-state index in [0.29, 0.717) is 6.04 Å². The lowest BCUT2D eigenvalue weighted by molar-refractivity contribution is 0.00417. The summed E-state index contributed by atoms with van der Waals surface area (Å²) < 4.78 is 5.41. The van der Waals surface area contributed by atoms with Gasteiger partial charge in [0.25, 0.3) is 0 Å². The van der Waals surface area contributed by atoms with Crippen molar-refractivity contribution in [2.45, 2.75) is 52.7 Å². The van der Waals surface area contributed by atoms with E-state index in [4.69, 9.17) is 4.74 Å². The van der Waals surface area contributed by atoms with Gasteiger partial charge in [-0.15, -0.1) is 0 Å². The van der Waals surface area contributed by atoms with Gasteiger partial charge < -0.3 is 9.64 Å². The number of likely N-dealkylation sites (N-methyl/N-ethyl adjacent to an activating group) is 1. The van der Waals surface area contributed by atoms with Crippen molar-refractivity contribution in [3.63, 3.8) is 0 Å². The van der Waals surface area contributed by atoms with E-state index in [1.807, 2.05) is 25.7 Å². The molecule has 0 radical (unpaired) electrons. The molecule has 0 aromatic carbocycles. The van der Waals surface area contributed by atoms with Crippen LogP contribution in [0.15, 0.2) is 0 Å². The number of carbonyl (C=O) groups is 1. The van der Waals surface area contributed by atoms with Crippen LogP contribution in [0.5, 0.6) is 0 Å². The first-order valence-electron chi connectivity index (χ1n) is 6.59. The Hall–Kier alpha value is -0.770. The molecule has 100 valence electrons. The van der Waals surface area contributed by atoms with Crippen molar-refractivity contribution in [1.29, 1.82) is 0 Å². The summed E-state index contributed by atoms with van der Waals surface area (Å²) >= 11 is 0. The molecule has 1 amide bonds. The van der Waals surface area contributed by atoms with Gasteiger partial charge in [-0.25, -0.2) is 4.79 Å². The summed E-state index contributed by atoms with van der Waals surface area (Å²) in [4.78, 5) is 16.2. The van der Waals surface area contributed by atoms with E-state index in [1.54, 1.807) is 0 Å². The molecular weight excluding hydrogens is 216 g/mol. The highest BCUT2D eigenvalue weighted by molar-refractivity contribution is 5.68. The molecule has 17 heavy (non-hydrogen) atoms. The summed E-state index contributed by atoms with van der Waals surface area (Å²) in [5.74, 6) is 0. The summed E-state index contributed by atoms with van der Waals surface area (Å²) in [6.45, 7) is 13.6. The summed E-state index contributed by atoms with van der Waals surface area (Å²) in [7, 11) is 0. The Morgan fingerprint density at radius 2 is 1.94 bits per heavy atom. The molecule has 0 spiro atoms. The van der Waals surface area contributed by atoms with Gasteiger partial charge in [-0.3, -0.25) is 4.90 Å². The molecule has 4 nitrogen and oxygen atoms in total. The molecule has 1 aliphatic rings. The van der Waals surface area contributed by atoms with Gasteiger partial charge in [0, 0.05) is 25.7 Å². The highest BCUT2D eigenvalue weighted by atomic mass is 16.6. The van der Waals surface area contributed by atoms with Crippen LogP contribution in [0.1, 0.15) is 41.0 Å². The number of ether oxygens (including phenoxy) is 1. The van der Waals surface area contributed by atoms with Crippen molar-refractivity contribution < 1.29 is 9.53 Å². The Morgan fingerprint density at radius 3 is 2.41 bits per heavy atom. The number of piperazine rings is 1. The minimum absolute atomic E-state index is 0.174. The third-order valence-corrected chi connectivity index (χ3v) is 3.13. The predicted octanol–water partition coefficient (Wildman–Crippen LogP) is 2.34. The van der Waals surface area contributed by atoms with Gasteiger partial charge in [0.1, 0.15) is 5.60 Å². The van der Waals surface area contributed by atoms with Crippen LogP contribution in [0.25, 0.3) is 0 Å². The van der Waals surface area contributed by atoms with Crippen LogP contribution >= 0.6 is 0 Å². The van der Waals surface area contributed by atoms with E-state index in [1.165, 1.54) is 0 Å². The lowest BCUT2D eigenvalue weighted by Gasteiger charge is -2.40. The fourth-order valence-electron chi connectivity index (χ4n) is 2.19. The molecule has 0 saturated carbocycles. The minimum atomic E-state index is -0.402. The Morgan fingerprint density at radius 1 is 1.29 bits per heavy atom. The summed E-state index contributed by atoms with van der Waals surface area (Å²) in [5.41, 5.74) is -0.402. The molecule has 0 bridgehead atoms. The van der Waals surface area contributed by atoms with Crippen molar-refractivity contribution in [1.82, 2.24) is 9.80 Å². The second-order valence-corrected chi connectivity index (χ2v) is 5.62. The first-order chi connectivity index (χ1) is 7.87. The van der Waals surface area contributed by atoms with Crippen molar-refractivity contribution in [2.75, 3.05) is 26.2 Å². The Bertz CT molecular complexity index is 261. The second kappa shape index (κ2) is 5.71. The molecule has 4 heteroatoms. The maximum Gasteiger partial charge on any atom is 0.410 e. The van der Waals surface area contributed by atoms with Crippen LogP contribution in [-0.4, -0.2) is 53.7 Å². The minimum Gasteiger partial charge on any atom is -0.444 e. The molecule has 0 aromatic heterocycles. The predicted molar refractivity (Wildman–Crippen MR) is 69.1 cm³/mol. The normalized spacial score (nSPS) is 22.6. The average molecular weight is 242 g/mol. The molecule has 0 aromatic rings. The van der Waals surface area contributed by atoms with Crippen molar-refractivity contribution >= 4 is 6.09 Å². The molecular formula is C13H26N2O2. The standard InChI is InChI=1S/C13H26N2O2/c1-6-11-10-15(9-8-14(11)7-2)12(16)17-13(3,4)5/h11H,6-10H2,1-5H3/t11-/m0/s1. The van der Waals surface area contributed by atoms with Crippen LogP contribution in [0.4, 0.5) is 4.79 Å². The van der Waals surface area contributed by atoms with E-state index in [0.717, 1.165) is 32.6 Å². The summed E-state index contributed by atoms with van der Waals surface area (Å²) in [5, 5.41) is 0. The van der Waals surface area contributed by atoms with E-state index in [9.17, 15) is 4.79 Å². The zero-order chi connectivity index (χ0) is 13.1. The highest BCUT2D eigenvalue weighted by Gasteiger charge is 2.30. The molecule has 1 rings (SSSR count). The molecule has 1 saturated heterocycles. The first-order valence-corrected chi connectivity index (χ1v) is 6.59. The van der Waals surface area contributed by atoms with E-state index < -0.39 is 5.60 Å². The third kappa shape index (κ3) is 4.19. The summed E-state index contributed by atoms with van der Waals surface area (Å²) in [6, 6.07) is 0.473. The first kappa shape index (κ1) is 14.3. The zero-order valence-electron chi connectivity index (χ0n) is 11.8. The third-order valence-electron chi connectivity index (χ3n) is 3.13. The Labute approximate surface area is 105 Å².